The van der Waals surface area contributed by atoms with Gasteiger partial charge in [0.1, 0.15) is 0 Å². The smallest absolute Gasteiger partial charge is 0.414 e. The number of ether oxygens (including phenoxy) is 1. The molecule has 0 spiro atoms. The van der Waals surface area contributed by atoms with E-state index < -0.39 is 11.9 Å². The first-order chi connectivity index (χ1) is 13.4. The van der Waals surface area contributed by atoms with Gasteiger partial charge in [0.05, 0.1) is 25.4 Å². The SMILES string of the molecule is CSc1ccccc1NC(=O)CNCCCN1CCOCC1.O=C(O)C(=O)O. The van der Waals surface area contributed by atoms with Crippen molar-refractivity contribution in [3.05, 3.63) is 24.3 Å². The van der Waals surface area contributed by atoms with E-state index >= 15 is 0 Å². The van der Waals surface area contributed by atoms with Gasteiger partial charge in [-0.2, -0.15) is 0 Å². The Kier molecular flexibility index (Phi) is 11.9. The molecule has 0 aromatic heterocycles. The van der Waals surface area contributed by atoms with E-state index in [4.69, 9.17) is 24.5 Å². The maximum absolute atomic E-state index is 11.9. The third-order valence-corrected chi connectivity index (χ3v) is 4.58. The standard InChI is InChI=1S/C16H25N3O2S.C2H2O4/c1-22-15-6-3-2-5-14(15)18-16(20)13-17-7-4-8-19-9-11-21-12-10-19;3-1(4)2(5)6/h2-3,5-6,17H,4,7-13H2,1H3,(H,18,20);(H,3,4)(H,5,6). The molecule has 0 radical (unpaired) electrons. The molecule has 4 N–H and O–H groups in total. The number of aliphatic carboxylic acids is 2. The van der Waals surface area contributed by atoms with E-state index in [1.807, 2.05) is 30.5 Å². The van der Waals surface area contributed by atoms with Crippen LogP contribution in [-0.2, 0) is 19.1 Å². The van der Waals surface area contributed by atoms with Crippen LogP contribution >= 0.6 is 11.8 Å². The molecule has 1 aromatic rings. The third-order valence-electron chi connectivity index (χ3n) is 3.78. The minimum atomic E-state index is -1.82. The van der Waals surface area contributed by atoms with Crippen molar-refractivity contribution in [2.45, 2.75) is 11.3 Å². The summed E-state index contributed by atoms with van der Waals surface area (Å²) in [5, 5.41) is 20.9. The zero-order valence-corrected chi connectivity index (χ0v) is 16.7. The van der Waals surface area contributed by atoms with Crippen molar-refractivity contribution in [2.75, 3.05) is 57.5 Å². The van der Waals surface area contributed by atoms with Crippen LogP contribution < -0.4 is 10.6 Å². The van der Waals surface area contributed by atoms with E-state index in [9.17, 15) is 4.79 Å². The number of carboxylic acids is 2. The summed E-state index contributed by atoms with van der Waals surface area (Å²) in [6.07, 6.45) is 3.06. The Morgan fingerprint density at radius 1 is 1.14 bits per heavy atom. The zero-order chi connectivity index (χ0) is 20.8. The van der Waals surface area contributed by atoms with Gasteiger partial charge in [0, 0.05) is 18.0 Å². The Morgan fingerprint density at radius 3 is 2.39 bits per heavy atom. The van der Waals surface area contributed by atoms with Gasteiger partial charge in [-0.25, -0.2) is 9.59 Å². The minimum Gasteiger partial charge on any atom is -0.473 e. The highest BCUT2D eigenvalue weighted by Gasteiger charge is 2.09. The highest BCUT2D eigenvalue weighted by molar-refractivity contribution is 7.98. The number of carboxylic acid groups (broad SMARTS) is 2. The van der Waals surface area contributed by atoms with Gasteiger partial charge < -0.3 is 25.6 Å². The summed E-state index contributed by atoms with van der Waals surface area (Å²) >= 11 is 1.63. The fourth-order valence-electron chi connectivity index (χ4n) is 2.40. The number of morpholine rings is 1. The van der Waals surface area contributed by atoms with Gasteiger partial charge in [-0.1, -0.05) is 12.1 Å². The molecule has 156 valence electrons. The molecule has 1 amide bonds. The van der Waals surface area contributed by atoms with Crippen LogP contribution in [0.4, 0.5) is 5.69 Å². The fourth-order valence-corrected chi connectivity index (χ4v) is 2.95. The molecule has 1 aliphatic heterocycles. The average molecular weight is 413 g/mol. The number of amides is 1. The molecule has 0 atom stereocenters. The van der Waals surface area contributed by atoms with Gasteiger partial charge in [-0.15, -0.1) is 11.8 Å². The quantitative estimate of drug-likeness (QED) is 0.278. The Labute approximate surface area is 168 Å². The molecule has 9 nitrogen and oxygen atoms in total. The van der Waals surface area contributed by atoms with Crippen molar-refractivity contribution in [1.82, 2.24) is 10.2 Å². The van der Waals surface area contributed by atoms with E-state index in [0.717, 1.165) is 56.4 Å². The van der Waals surface area contributed by atoms with E-state index in [1.54, 1.807) is 11.8 Å². The second kappa shape index (κ2) is 13.9. The summed E-state index contributed by atoms with van der Waals surface area (Å²) in [4.78, 5) is 33.6. The fraction of sp³-hybridized carbons (Fsp3) is 0.500. The lowest BCUT2D eigenvalue weighted by molar-refractivity contribution is -0.159. The molecule has 10 heteroatoms. The number of para-hydroxylation sites is 1. The Hall–Kier alpha value is -2.14. The van der Waals surface area contributed by atoms with E-state index in [0.29, 0.717) is 6.54 Å². The maximum Gasteiger partial charge on any atom is 0.414 e. The highest BCUT2D eigenvalue weighted by Crippen LogP contribution is 2.24. The van der Waals surface area contributed by atoms with Crippen LogP contribution in [0.5, 0.6) is 0 Å². The number of hydrogen-bond donors (Lipinski definition) is 4. The van der Waals surface area contributed by atoms with Gasteiger partial charge in [-0.3, -0.25) is 9.69 Å². The summed E-state index contributed by atoms with van der Waals surface area (Å²) in [6.45, 7) is 5.99. The van der Waals surface area contributed by atoms with Gasteiger partial charge >= 0.3 is 11.9 Å². The van der Waals surface area contributed by atoms with E-state index in [2.05, 4.69) is 15.5 Å². The number of hydrogen-bond acceptors (Lipinski definition) is 7. The summed E-state index contributed by atoms with van der Waals surface area (Å²) in [7, 11) is 0. The predicted molar refractivity (Wildman–Crippen MR) is 107 cm³/mol. The molecular weight excluding hydrogens is 386 g/mol. The van der Waals surface area contributed by atoms with Crippen LogP contribution in [0.1, 0.15) is 6.42 Å². The van der Waals surface area contributed by atoms with Crippen molar-refractivity contribution in [3.8, 4) is 0 Å². The highest BCUT2D eigenvalue weighted by atomic mass is 32.2. The summed E-state index contributed by atoms with van der Waals surface area (Å²) in [5.74, 6) is -3.64. The molecule has 0 aliphatic carbocycles. The molecule has 2 rings (SSSR count). The largest absolute Gasteiger partial charge is 0.473 e. The molecule has 0 unspecified atom stereocenters. The lowest BCUT2D eigenvalue weighted by atomic mass is 10.3. The molecule has 1 aromatic carbocycles. The van der Waals surface area contributed by atoms with Gasteiger partial charge in [-0.05, 0) is 37.9 Å². The second-order valence-electron chi connectivity index (χ2n) is 5.84. The number of nitrogens with zero attached hydrogens (tertiary/aromatic N) is 1. The number of benzene rings is 1. The van der Waals surface area contributed by atoms with Gasteiger partial charge in [0.15, 0.2) is 0 Å². The number of thioether (sulfide) groups is 1. The Balaban J connectivity index is 0.000000568. The molecule has 0 bridgehead atoms. The maximum atomic E-state index is 11.9. The van der Waals surface area contributed by atoms with Crippen LogP contribution in [0.2, 0.25) is 0 Å². The lowest BCUT2D eigenvalue weighted by Crippen LogP contribution is -2.38. The average Bonchev–Trinajstić information content (AvgIpc) is 2.69. The van der Waals surface area contributed by atoms with Gasteiger partial charge in [0.25, 0.3) is 0 Å². The number of nitrogens with one attached hydrogen (secondary N) is 2. The predicted octanol–water partition coefficient (Wildman–Crippen LogP) is 0.815. The lowest BCUT2D eigenvalue weighted by Gasteiger charge is -2.26. The number of carbonyl (C=O) groups is 3. The first-order valence-electron chi connectivity index (χ1n) is 8.84. The third kappa shape index (κ3) is 10.3. The van der Waals surface area contributed by atoms with Crippen molar-refractivity contribution < 1.29 is 29.3 Å². The summed E-state index contributed by atoms with van der Waals surface area (Å²) < 4.78 is 5.32. The summed E-state index contributed by atoms with van der Waals surface area (Å²) in [5.41, 5.74) is 0.884. The molecular formula is C18H27N3O6S. The van der Waals surface area contributed by atoms with Crippen LogP contribution in [0.3, 0.4) is 0 Å². The van der Waals surface area contributed by atoms with Crippen molar-refractivity contribution >= 4 is 35.3 Å². The Morgan fingerprint density at radius 2 is 1.79 bits per heavy atom. The molecule has 28 heavy (non-hydrogen) atoms. The van der Waals surface area contributed by atoms with Crippen LogP contribution in [0.15, 0.2) is 29.2 Å². The van der Waals surface area contributed by atoms with Crippen molar-refractivity contribution in [2.24, 2.45) is 0 Å². The molecule has 1 fully saturated rings. The Bertz CT molecular complexity index is 626. The van der Waals surface area contributed by atoms with Crippen LogP contribution in [0, 0.1) is 0 Å². The van der Waals surface area contributed by atoms with Crippen molar-refractivity contribution in [3.63, 3.8) is 0 Å². The first kappa shape index (κ1) is 23.9. The minimum absolute atomic E-state index is 0.00729. The molecule has 1 aliphatic rings. The van der Waals surface area contributed by atoms with Crippen LogP contribution in [0.25, 0.3) is 0 Å². The topological polar surface area (TPSA) is 128 Å². The first-order valence-corrected chi connectivity index (χ1v) is 10.1. The van der Waals surface area contributed by atoms with Gasteiger partial charge in [0.2, 0.25) is 5.91 Å². The van der Waals surface area contributed by atoms with E-state index in [1.165, 1.54) is 0 Å². The number of anilines is 1. The monoisotopic (exact) mass is 413 g/mol. The molecule has 1 heterocycles. The number of carbonyl (C=O) groups excluding carboxylic acids is 1. The molecule has 0 saturated carbocycles. The van der Waals surface area contributed by atoms with Crippen LogP contribution in [-0.4, -0.2) is 85.2 Å². The zero-order valence-electron chi connectivity index (χ0n) is 15.8. The van der Waals surface area contributed by atoms with Crippen molar-refractivity contribution in [1.29, 1.82) is 0 Å². The number of rotatable bonds is 8. The van der Waals surface area contributed by atoms with E-state index in [-0.39, 0.29) is 5.91 Å². The second-order valence-corrected chi connectivity index (χ2v) is 6.69. The summed E-state index contributed by atoms with van der Waals surface area (Å²) in [6, 6.07) is 7.86. The molecule has 1 saturated heterocycles. The normalized spacial score (nSPS) is 13.9.